The molecule has 20 heavy (non-hydrogen) atoms. The minimum atomic E-state index is 0.200. The smallest absolute Gasteiger partial charge is 0.219 e. The van der Waals surface area contributed by atoms with Crippen LogP contribution in [0.5, 0.6) is 0 Å². The molecule has 1 heterocycles. The highest BCUT2D eigenvalue weighted by Crippen LogP contribution is 2.20. The Bertz CT molecular complexity index is 456. The maximum absolute atomic E-state index is 11.3. The summed E-state index contributed by atoms with van der Waals surface area (Å²) < 4.78 is 0. The molecule has 3 heteroatoms. The lowest BCUT2D eigenvalue weighted by atomic mass is 9.99. The van der Waals surface area contributed by atoms with Gasteiger partial charge in [0.15, 0.2) is 0 Å². The number of amides is 1. The number of aryl methyl sites for hydroxylation is 2. The van der Waals surface area contributed by atoms with Gasteiger partial charge in [-0.15, -0.1) is 0 Å². The molecule has 2 rings (SSSR count). The summed E-state index contributed by atoms with van der Waals surface area (Å²) in [6.07, 6.45) is 2.10. The number of likely N-dealkylation sites (tertiary alicyclic amines) is 1. The van der Waals surface area contributed by atoms with E-state index in [-0.39, 0.29) is 5.91 Å². The first-order valence-electron chi connectivity index (χ1n) is 7.55. The lowest BCUT2D eigenvalue weighted by Gasteiger charge is -2.33. The second kappa shape index (κ2) is 6.40. The van der Waals surface area contributed by atoms with Crippen LogP contribution in [0, 0.1) is 13.8 Å². The lowest BCUT2D eigenvalue weighted by Crippen LogP contribution is -2.44. The third kappa shape index (κ3) is 3.83. The number of piperidine rings is 1. The Kier molecular flexibility index (Phi) is 4.81. The van der Waals surface area contributed by atoms with Crippen molar-refractivity contribution in [2.75, 3.05) is 13.1 Å². The van der Waals surface area contributed by atoms with Crippen molar-refractivity contribution in [3.63, 3.8) is 0 Å². The van der Waals surface area contributed by atoms with E-state index in [9.17, 15) is 4.79 Å². The molecule has 0 radical (unpaired) electrons. The molecular weight excluding hydrogens is 248 g/mol. The summed E-state index contributed by atoms with van der Waals surface area (Å²) in [4.78, 5) is 13.3. The molecule has 1 N–H and O–H groups in total. The summed E-state index contributed by atoms with van der Waals surface area (Å²) in [5.41, 5.74) is 4.00. The average molecular weight is 274 g/mol. The molecule has 1 fully saturated rings. The van der Waals surface area contributed by atoms with Crippen LogP contribution in [0.4, 0.5) is 0 Å². The van der Waals surface area contributed by atoms with Crippen LogP contribution in [0.1, 0.15) is 49.4 Å². The van der Waals surface area contributed by atoms with Gasteiger partial charge in [0, 0.05) is 32.1 Å². The lowest BCUT2D eigenvalue weighted by molar-refractivity contribution is -0.129. The van der Waals surface area contributed by atoms with Gasteiger partial charge in [0.2, 0.25) is 5.91 Å². The first-order chi connectivity index (χ1) is 9.45. The van der Waals surface area contributed by atoms with E-state index in [0.717, 1.165) is 25.9 Å². The van der Waals surface area contributed by atoms with E-state index in [2.05, 4.69) is 44.3 Å². The van der Waals surface area contributed by atoms with Gasteiger partial charge in [-0.2, -0.15) is 0 Å². The quantitative estimate of drug-likeness (QED) is 0.919. The Labute approximate surface area is 122 Å². The van der Waals surface area contributed by atoms with Crippen LogP contribution in [-0.4, -0.2) is 29.9 Å². The first kappa shape index (κ1) is 15.0. The molecule has 1 aromatic carbocycles. The molecule has 0 saturated carbocycles. The molecule has 1 atom stereocenters. The minimum absolute atomic E-state index is 0.200. The predicted molar refractivity (Wildman–Crippen MR) is 82.7 cm³/mol. The van der Waals surface area contributed by atoms with E-state index < -0.39 is 0 Å². The molecule has 1 saturated heterocycles. The first-order valence-corrected chi connectivity index (χ1v) is 7.55. The van der Waals surface area contributed by atoms with Crippen molar-refractivity contribution in [2.45, 2.75) is 52.6 Å². The summed E-state index contributed by atoms with van der Waals surface area (Å²) in [6.45, 7) is 9.94. The van der Waals surface area contributed by atoms with E-state index >= 15 is 0 Å². The number of benzene rings is 1. The Balaban J connectivity index is 1.92. The van der Waals surface area contributed by atoms with Crippen molar-refractivity contribution in [1.82, 2.24) is 10.2 Å². The second-order valence-corrected chi connectivity index (χ2v) is 6.09. The third-order valence-corrected chi connectivity index (χ3v) is 4.17. The third-order valence-electron chi connectivity index (χ3n) is 4.17. The van der Waals surface area contributed by atoms with E-state index in [1.54, 1.807) is 6.92 Å². The van der Waals surface area contributed by atoms with Crippen LogP contribution < -0.4 is 5.32 Å². The predicted octanol–water partition coefficient (Wildman–Crippen LogP) is 2.96. The van der Waals surface area contributed by atoms with Crippen molar-refractivity contribution in [1.29, 1.82) is 0 Å². The van der Waals surface area contributed by atoms with Crippen LogP contribution in [0.15, 0.2) is 18.2 Å². The number of nitrogens with zero attached hydrogens (tertiary/aromatic N) is 1. The van der Waals surface area contributed by atoms with Crippen LogP contribution >= 0.6 is 0 Å². The highest BCUT2D eigenvalue weighted by Gasteiger charge is 2.22. The van der Waals surface area contributed by atoms with Crippen LogP contribution in [-0.2, 0) is 4.79 Å². The number of hydrogen-bond acceptors (Lipinski definition) is 2. The number of carbonyl (C=O) groups excluding carboxylic acids is 1. The monoisotopic (exact) mass is 274 g/mol. The molecule has 0 aromatic heterocycles. The van der Waals surface area contributed by atoms with E-state index in [1.165, 1.54) is 16.7 Å². The van der Waals surface area contributed by atoms with Gasteiger partial charge in [-0.25, -0.2) is 0 Å². The number of rotatable bonds is 3. The van der Waals surface area contributed by atoms with Gasteiger partial charge < -0.3 is 10.2 Å². The summed E-state index contributed by atoms with van der Waals surface area (Å²) >= 11 is 0. The second-order valence-electron chi connectivity index (χ2n) is 6.09. The zero-order valence-electron chi connectivity index (χ0n) is 13.1. The molecular formula is C17H26N2O. The fourth-order valence-electron chi connectivity index (χ4n) is 3.07. The van der Waals surface area contributed by atoms with Crippen LogP contribution in [0.2, 0.25) is 0 Å². The van der Waals surface area contributed by atoms with Gasteiger partial charge in [-0.3, -0.25) is 4.79 Å². The molecule has 0 bridgehead atoms. The number of hydrogen-bond donors (Lipinski definition) is 1. The molecule has 1 aliphatic heterocycles. The number of nitrogens with one attached hydrogen (secondary N) is 1. The van der Waals surface area contributed by atoms with Crippen molar-refractivity contribution in [2.24, 2.45) is 0 Å². The van der Waals surface area contributed by atoms with Crippen molar-refractivity contribution >= 4 is 5.91 Å². The fourth-order valence-corrected chi connectivity index (χ4v) is 3.07. The zero-order chi connectivity index (χ0) is 14.7. The summed E-state index contributed by atoms with van der Waals surface area (Å²) in [5, 5.41) is 3.71. The highest BCUT2D eigenvalue weighted by molar-refractivity contribution is 5.73. The summed E-state index contributed by atoms with van der Waals surface area (Å²) in [6, 6.07) is 7.61. The van der Waals surface area contributed by atoms with Gasteiger partial charge >= 0.3 is 0 Å². The zero-order valence-corrected chi connectivity index (χ0v) is 13.1. The number of carbonyl (C=O) groups is 1. The van der Waals surface area contributed by atoms with E-state index in [0.29, 0.717) is 12.1 Å². The average Bonchev–Trinajstić information content (AvgIpc) is 2.38. The molecule has 1 aliphatic rings. The molecule has 1 aromatic rings. The van der Waals surface area contributed by atoms with Crippen molar-refractivity contribution in [3.8, 4) is 0 Å². The largest absolute Gasteiger partial charge is 0.343 e. The summed E-state index contributed by atoms with van der Waals surface area (Å²) in [5.74, 6) is 0.200. The molecule has 3 nitrogen and oxygen atoms in total. The van der Waals surface area contributed by atoms with Gasteiger partial charge in [0.05, 0.1) is 0 Å². The van der Waals surface area contributed by atoms with Gasteiger partial charge in [0.1, 0.15) is 0 Å². The molecule has 110 valence electrons. The SMILES string of the molecule is CC(=O)N1CCC(NC(C)c2cc(C)cc(C)c2)CC1. The van der Waals surface area contributed by atoms with E-state index in [1.807, 2.05) is 4.90 Å². The highest BCUT2D eigenvalue weighted by atomic mass is 16.2. The van der Waals surface area contributed by atoms with Gasteiger partial charge in [-0.1, -0.05) is 29.3 Å². The topological polar surface area (TPSA) is 32.3 Å². The fraction of sp³-hybridized carbons (Fsp3) is 0.588. The molecule has 0 aliphatic carbocycles. The molecule has 1 unspecified atom stereocenters. The molecule has 0 spiro atoms. The van der Waals surface area contributed by atoms with Crippen molar-refractivity contribution in [3.05, 3.63) is 34.9 Å². The van der Waals surface area contributed by atoms with Gasteiger partial charge in [0.25, 0.3) is 0 Å². The summed E-state index contributed by atoms with van der Waals surface area (Å²) in [7, 11) is 0. The van der Waals surface area contributed by atoms with Crippen LogP contribution in [0.25, 0.3) is 0 Å². The Morgan fingerprint density at radius 1 is 1.20 bits per heavy atom. The Morgan fingerprint density at radius 2 is 1.75 bits per heavy atom. The standard InChI is InChI=1S/C17H26N2O/c1-12-9-13(2)11-16(10-12)14(3)18-17-5-7-19(8-6-17)15(4)20/h9-11,14,17-18H,5-8H2,1-4H3. The normalized spacial score (nSPS) is 18.1. The maximum atomic E-state index is 11.3. The Hall–Kier alpha value is -1.35. The minimum Gasteiger partial charge on any atom is -0.343 e. The van der Waals surface area contributed by atoms with Crippen molar-refractivity contribution < 1.29 is 4.79 Å². The van der Waals surface area contributed by atoms with Gasteiger partial charge in [-0.05, 0) is 39.2 Å². The maximum Gasteiger partial charge on any atom is 0.219 e. The molecule has 1 amide bonds. The van der Waals surface area contributed by atoms with E-state index in [4.69, 9.17) is 0 Å². The van der Waals surface area contributed by atoms with Crippen LogP contribution in [0.3, 0.4) is 0 Å². The Morgan fingerprint density at radius 3 is 2.25 bits per heavy atom.